The van der Waals surface area contributed by atoms with Gasteiger partial charge in [-0.2, -0.15) is 0 Å². The molecule has 4 nitrogen and oxygen atoms in total. The Balaban J connectivity index is 0.00000324. The lowest BCUT2D eigenvalue weighted by molar-refractivity contribution is -0.152. The fraction of sp³-hybridized carbons (Fsp3) is 0.500. The third kappa shape index (κ3) is 3.39. The summed E-state index contributed by atoms with van der Waals surface area (Å²) in [5.41, 5.74) is 6.62. The number of esters is 1. The molecule has 0 saturated heterocycles. The molecule has 0 bridgehead atoms. The fourth-order valence-electron chi connectivity index (χ4n) is 1.93. The van der Waals surface area contributed by atoms with Crippen LogP contribution in [0.2, 0.25) is 0 Å². The van der Waals surface area contributed by atoms with Gasteiger partial charge < -0.3 is 15.6 Å². The molecule has 0 heterocycles. The van der Waals surface area contributed by atoms with Crippen LogP contribution >= 0.6 is 12.4 Å². The Kier molecular flexibility index (Phi) is 6.33. The summed E-state index contributed by atoms with van der Waals surface area (Å²) >= 11 is 0. The van der Waals surface area contributed by atoms with Gasteiger partial charge in [0.15, 0.2) is 0 Å². The van der Waals surface area contributed by atoms with Crippen molar-refractivity contribution in [2.45, 2.75) is 33.2 Å². The van der Waals surface area contributed by atoms with Crippen LogP contribution in [0.4, 0.5) is 0 Å². The summed E-state index contributed by atoms with van der Waals surface area (Å²) in [6.45, 7) is 5.37. The number of methoxy groups -OCH3 is 1. The van der Waals surface area contributed by atoms with Crippen molar-refractivity contribution in [3.63, 3.8) is 0 Å². The molecule has 19 heavy (non-hydrogen) atoms. The summed E-state index contributed by atoms with van der Waals surface area (Å²) in [4.78, 5) is 11.7. The highest BCUT2D eigenvalue weighted by molar-refractivity contribution is 5.85. The van der Waals surface area contributed by atoms with Crippen molar-refractivity contribution >= 4 is 18.4 Å². The van der Waals surface area contributed by atoms with E-state index in [1.165, 1.54) is 7.11 Å². The van der Waals surface area contributed by atoms with Crippen molar-refractivity contribution in [2.75, 3.05) is 7.11 Å². The van der Waals surface area contributed by atoms with Gasteiger partial charge in [0, 0.05) is 11.6 Å². The first-order chi connectivity index (χ1) is 8.36. The lowest BCUT2D eigenvalue weighted by Crippen LogP contribution is -2.37. The summed E-state index contributed by atoms with van der Waals surface area (Å²) in [6, 6.07) is 4.80. The van der Waals surface area contributed by atoms with E-state index in [4.69, 9.17) is 10.5 Å². The van der Waals surface area contributed by atoms with Gasteiger partial charge in [-0.3, -0.25) is 4.79 Å². The SMILES string of the molecule is CCc1cccc([C@H](N)C(C)(C)C(=O)OC)c1O.Cl. The fourth-order valence-corrected chi connectivity index (χ4v) is 1.93. The molecule has 0 aromatic heterocycles. The van der Waals surface area contributed by atoms with E-state index >= 15 is 0 Å². The molecule has 0 aliphatic rings. The van der Waals surface area contributed by atoms with E-state index in [1.807, 2.05) is 19.1 Å². The molecule has 1 aromatic carbocycles. The molecular weight excluding hydrogens is 266 g/mol. The molecule has 0 aliphatic heterocycles. The molecule has 3 N–H and O–H groups in total. The smallest absolute Gasteiger partial charge is 0.313 e. The molecule has 108 valence electrons. The predicted octanol–water partition coefficient (Wildman–Crippen LogP) is 2.58. The van der Waals surface area contributed by atoms with Crippen LogP contribution in [0.25, 0.3) is 0 Å². The summed E-state index contributed by atoms with van der Waals surface area (Å²) in [7, 11) is 1.33. The minimum atomic E-state index is -0.890. The first-order valence-corrected chi connectivity index (χ1v) is 6.01. The molecule has 0 spiro atoms. The van der Waals surface area contributed by atoms with Crippen LogP contribution in [0, 0.1) is 5.41 Å². The van der Waals surface area contributed by atoms with Crippen molar-refractivity contribution in [1.29, 1.82) is 0 Å². The summed E-state index contributed by atoms with van der Waals surface area (Å²) < 4.78 is 4.75. The third-order valence-corrected chi connectivity index (χ3v) is 3.36. The van der Waals surface area contributed by atoms with E-state index in [0.29, 0.717) is 12.0 Å². The molecule has 1 rings (SSSR count). The van der Waals surface area contributed by atoms with Crippen LogP contribution in [-0.2, 0) is 16.0 Å². The van der Waals surface area contributed by atoms with Gasteiger partial charge in [0.1, 0.15) is 5.75 Å². The van der Waals surface area contributed by atoms with E-state index in [0.717, 1.165) is 5.56 Å². The molecule has 0 radical (unpaired) electrons. The number of phenols is 1. The maximum atomic E-state index is 11.7. The van der Waals surface area contributed by atoms with Crippen LogP contribution in [0.1, 0.15) is 37.9 Å². The number of ether oxygens (including phenoxy) is 1. The molecule has 1 aromatic rings. The number of benzene rings is 1. The third-order valence-electron chi connectivity index (χ3n) is 3.36. The molecule has 0 unspecified atom stereocenters. The van der Waals surface area contributed by atoms with Crippen molar-refractivity contribution in [1.82, 2.24) is 0 Å². The average Bonchev–Trinajstić information content (AvgIpc) is 2.37. The summed E-state index contributed by atoms with van der Waals surface area (Å²) in [5, 5.41) is 10.1. The number of phenolic OH excluding ortho intramolecular Hbond substituents is 1. The van der Waals surface area contributed by atoms with Crippen molar-refractivity contribution in [3.05, 3.63) is 29.3 Å². The Labute approximate surface area is 120 Å². The highest BCUT2D eigenvalue weighted by Crippen LogP contribution is 2.37. The van der Waals surface area contributed by atoms with Crippen LogP contribution in [-0.4, -0.2) is 18.2 Å². The molecule has 0 fully saturated rings. The molecule has 0 amide bonds. The second-order valence-electron chi connectivity index (χ2n) is 4.90. The number of hydrogen-bond acceptors (Lipinski definition) is 4. The van der Waals surface area contributed by atoms with Crippen molar-refractivity contribution in [2.24, 2.45) is 11.1 Å². The van der Waals surface area contributed by atoms with Gasteiger partial charge >= 0.3 is 5.97 Å². The number of hydrogen-bond donors (Lipinski definition) is 2. The van der Waals surface area contributed by atoms with E-state index in [2.05, 4.69) is 0 Å². The lowest BCUT2D eigenvalue weighted by Gasteiger charge is -2.29. The summed E-state index contributed by atoms with van der Waals surface area (Å²) in [6.07, 6.45) is 0.713. The number of carbonyl (C=O) groups excluding carboxylic acids is 1. The van der Waals surface area contributed by atoms with E-state index in [1.54, 1.807) is 19.9 Å². The zero-order valence-corrected chi connectivity index (χ0v) is 12.6. The maximum Gasteiger partial charge on any atom is 0.313 e. The minimum Gasteiger partial charge on any atom is -0.507 e. The normalized spacial score (nSPS) is 12.5. The Morgan fingerprint density at radius 1 is 1.47 bits per heavy atom. The Hall–Kier alpha value is -1.26. The molecular formula is C14H22ClNO3. The predicted molar refractivity (Wildman–Crippen MR) is 77.5 cm³/mol. The summed E-state index contributed by atoms with van der Waals surface area (Å²) in [5.74, 6) is -0.222. The van der Waals surface area contributed by atoms with Crippen LogP contribution in [0.3, 0.4) is 0 Å². The number of aryl methyl sites for hydroxylation is 1. The number of rotatable bonds is 4. The van der Waals surface area contributed by atoms with Gasteiger partial charge in [0.2, 0.25) is 0 Å². The van der Waals surface area contributed by atoms with Crippen molar-refractivity contribution < 1.29 is 14.6 Å². The van der Waals surface area contributed by atoms with Gasteiger partial charge in [0.05, 0.1) is 12.5 Å². The van der Waals surface area contributed by atoms with Gasteiger partial charge in [0.25, 0.3) is 0 Å². The molecule has 1 atom stereocenters. The Morgan fingerprint density at radius 2 is 2.05 bits per heavy atom. The Morgan fingerprint density at radius 3 is 2.53 bits per heavy atom. The van der Waals surface area contributed by atoms with E-state index in [9.17, 15) is 9.90 Å². The molecule has 0 aliphatic carbocycles. The monoisotopic (exact) mass is 287 g/mol. The van der Waals surface area contributed by atoms with Crippen molar-refractivity contribution in [3.8, 4) is 5.75 Å². The molecule has 0 saturated carbocycles. The number of aromatic hydroxyl groups is 1. The number of halogens is 1. The first-order valence-electron chi connectivity index (χ1n) is 6.01. The number of carbonyl (C=O) groups is 1. The van der Waals surface area contributed by atoms with E-state index in [-0.39, 0.29) is 18.2 Å². The zero-order chi connectivity index (χ0) is 13.9. The zero-order valence-electron chi connectivity index (χ0n) is 11.8. The topological polar surface area (TPSA) is 72.6 Å². The highest BCUT2D eigenvalue weighted by Gasteiger charge is 2.37. The van der Waals surface area contributed by atoms with Gasteiger partial charge in [-0.05, 0) is 25.8 Å². The maximum absolute atomic E-state index is 11.7. The quantitative estimate of drug-likeness (QED) is 0.835. The van der Waals surface area contributed by atoms with Crippen LogP contribution in [0.15, 0.2) is 18.2 Å². The van der Waals surface area contributed by atoms with Crippen LogP contribution in [0.5, 0.6) is 5.75 Å². The average molecular weight is 288 g/mol. The highest BCUT2D eigenvalue weighted by atomic mass is 35.5. The largest absolute Gasteiger partial charge is 0.507 e. The number of nitrogens with two attached hydrogens (primary N) is 1. The van der Waals surface area contributed by atoms with Gasteiger partial charge in [-0.1, -0.05) is 25.1 Å². The van der Waals surface area contributed by atoms with Gasteiger partial charge in [-0.15, -0.1) is 12.4 Å². The Bertz CT molecular complexity index is 446. The standard InChI is InChI=1S/C14H21NO3.ClH/c1-5-9-7-6-8-10(11(9)16)12(15)14(2,3)13(17)18-4;/h6-8,12,16H,5,15H2,1-4H3;1H/t12-;/m0./s1. The van der Waals surface area contributed by atoms with Gasteiger partial charge in [-0.25, -0.2) is 0 Å². The minimum absolute atomic E-state index is 0. The van der Waals surface area contributed by atoms with Crippen LogP contribution < -0.4 is 5.73 Å². The number of para-hydroxylation sites is 1. The molecule has 5 heteroatoms. The lowest BCUT2D eigenvalue weighted by atomic mass is 9.80. The second kappa shape index (κ2) is 6.78. The van der Waals surface area contributed by atoms with E-state index < -0.39 is 17.4 Å². The second-order valence-corrected chi connectivity index (χ2v) is 4.90. The first kappa shape index (κ1) is 17.7.